The van der Waals surface area contributed by atoms with E-state index in [0.29, 0.717) is 13.3 Å². The third-order valence-corrected chi connectivity index (χ3v) is 3.29. The quantitative estimate of drug-likeness (QED) is 0.867. The highest BCUT2D eigenvalue weighted by atomic mass is 16.5. The average Bonchev–Trinajstić information content (AvgIpc) is 2.34. The highest BCUT2D eigenvalue weighted by molar-refractivity contribution is 5.47. The largest absolute Gasteiger partial charge is 0.477 e. The van der Waals surface area contributed by atoms with Gasteiger partial charge in [0.1, 0.15) is 12.5 Å². The van der Waals surface area contributed by atoms with E-state index in [2.05, 4.69) is 30.9 Å². The van der Waals surface area contributed by atoms with Crippen molar-refractivity contribution in [3.05, 3.63) is 28.8 Å². The van der Waals surface area contributed by atoms with Crippen LogP contribution in [0.5, 0.6) is 5.75 Å². The van der Waals surface area contributed by atoms with Crippen LogP contribution in [0.4, 0.5) is 0 Å². The van der Waals surface area contributed by atoms with Gasteiger partial charge in [0.15, 0.2) is 0 Å². The van der Waals surface area contributed by atoms with Crippen molar-refractivity contribution in [2.24, 2.45) is 0 Å². The van der Waals surface area contributed by atoms with E-state index in [1.807, 2.05) is 0 Å². The fourth-order valence-electron chi connectivity index (χ4n) is 2.33. The Morgan fingerprint density at radius 3 is 2.94 bits per heavy atom. The van der Waals surface area contributed by atoms with Gasteiger partial charge in [-0.2, -0.15) is 0 Å². The van der Waals surface area contributed by atoms with Gasteiger partial charge in [-0.15, -0.1) is 0 Å². The van der Waals surface area contributed by atoms with E-state index in [1.54, 1.807) is 0 Å². The van der Waals surface area contributed by atoms with Gasteiger partial charge in [0, 0.05) is 18.7 Å². The Hall–Kier alpha value is -1.06. The summed E-state index contributed by atoms with van der Waals surface area (Å²) in [7, 11) is 0. The highest BCUT2D eigenvalue weighted by Gasteiger charge is 2.20. The summed E-state index contributed by atoms with van der Waals surface area (Å²) in [4.78, 5) is 2.13. The van der Waals surface area contributed by atoms with Crippen molar-refractivity contribution in [3.63, 3.8) is 0 Å². The molecule has 1 aromatic rings. The van der Waals surface area contributed by atoms with Crippen LogP contribution in [0.1, 0.15) is 30.0 Å². The van der Waals surface area contributed by atoms with Crippen LogP contribution in [-0.4, -0.2) is 29.9 Å². The number of hydrogen-bond donors (Lipinski definition) is 1. The lowest BCUT2D eigenvalue weighted by molar-refractivity contribution is 0.0759. The van der Waals surface area contributed by atoms with E-state index in [-0.39, 0.29) is 6.61 Å². The second-order valence-corrected chi connectivity index (χ2v) is 4.65. The molecule has 1 heterocycles. The number of fused-ring (bicyclic) bond motifs is 1. The number of aryl methyl sites for hydroxylation is 2. The normalized spacial score (nSPS) is 15.5. The summed E-state index contributed by atoms with van der Waals surface area (Å²) in [5, 5.41) is 8.98. The minimum atomic E-state index is 0.187. The molecular weight excluding hydrogens is 214 g/mol. The van der Waals surface area contributed by atoms with Gasteiger partial charge in [0.2, 0.25) is 0 Å². The SMILES string of the molecule is CCCc1ccc(C)c2c1OCN(CCO)C2. The zero-order valence-electron chi connectivity index (χ0n) is 10.7. The minimum Gasteiger partial charge on any atom is -0.477 e. The zero-order chi connectivity index (χ0) is 12.3. The zero-order valence-corrected chi connectivity index (χ0v) is 10.7. The van der Waals surface area contributed by atoms with Crippen LogP contribution in [0.25, 0.3) is 0 Å². The van der Waals surface area contributed by atoms with Crippen LogP contribution < -0.4 is 4.74 Å². The maximum Gasteiger partial charge on any atom is 0.142 e. The Kier molecular flexibility index (Phi) is 4.02. The summed E-state index contributed by atoms with van der Waals surface area (Å²) in [6.45, 7) is 6.66. The molecule has 0 aromatic heterocycles. The van der Waals surface area contributed by atoms with Crippen LogP contribution in [-0.2, 0) is 13.0 Å². The molecule has 2 rings (SSSR count). The number of aliphatic hydroxyl groups excluding tert-OH is 1. The first-order valence-electron chi connectivity index (χ1n) is 6.33. The number of rotatable bonds is 4. The van der Waals surface area contributed by atoms with Crippen LogP contribution >= 0.6 is 0 Å². The molecule has 1 N–H and O–H groups in total. The Labute approximate surface area is 103 Å². The van der Waals surface area contributed by atoms with Gasteiger partial charge < -0.3 is 9.84 Å². The van der Waals surface area contributed by atoms with E-state index >= 15 is 0 Å². The molecule has 94 valence electrons. The summed E-state index contributed by atoms with van der Waals surface area (Å²) in [6, 6.07) is 4.36. The summed E-state index contributed by atoms with van der Waals surface area (Å²) in [5.41, 5.74) is 3.88. The van der Waals surface area contributed by atoms with Crippen LogP contribution in [0, 0.1) is 6.92 Å². The molecule has 3 nitrogen and oxygen atoms in total. The molecule has 0 fully saturated rings. The van der Waals surface area contributed by atoms with Gasteiger partial charge in [-0.25, -0.2) is 0 Å². The maximum absolute atomic E-state index is 8.98. The lowest BCUT2D eigenvalue weighted by atomic mass is 9.99. The first-order valence-corrected chi connectivity index (χ1v) is 6.33. The standard InChI is InChI=1S/C14H21NO2/c1-3-4-12-6-5-11(2)13-9-15(7-8-16)10-17-14(12)13/h5-6,16H,3-4,7-10H2,1-2H3. The van der Waals surface area contributed by atoms with E-state index in [1.165, 1.54) is 16.7 Å². The molecule has 0 spiro atoms. The van der Waals surface area contributed by atoms with E-state index in [0.717, 1.165) is 25.1 Å². The molecule has 1 aromatic carbocycles. The van der Waals surface area contributed by atoms with Crippen LogP contribution in [0.15, 0.2) is 12.1 Å². The molecule has 3 heteroatoms. The monoisotopic (exact) mass is 235 g/mol. The number of ether oxygens (including phenoxy) is 1. The van der Waals surface area contributed by atoms with Gasteiger partial charge in [0.25, 0.3) is 0 Å². The van der Waals surface area contributed by atoms with Crippen LogP contribution in [0.2, 0.25) is 0 Å². The molecule has 0 unspecified atom stereocenters. The highest BCUT2D eigenvalue weighted by Crippen LogP contribution is 2.32. The van der Waals surface area contributed by atoms with Crippen molar-refractivity contribution in [1.82, 2.24) is 4.90 Å². The van der Waals surface area contributed by atoms with Crippen molar-refractivity contribution in [2.45, 2.75) is 33.2 Å². The Balaban J connectivity index is 2.27. The Bertz CT molecular complexity index is 390. The number of aliphatic hydroxyl groups is 1. The molecule has 0 bridgehead atoms. The molecule has 0 atom stereocenters. The maximum atomic E-state index is 8.98. The minimum absolute atomic E-state index is 0.187. The first-order chi connectivity index (χ1) is 8.26. The summed E-state index contributed by atoms with van der Waals surface area (Å²) < 4.78 is 5.87. The second kappa shape index (κ2) is 5.52. The number of β-amino-alcohol motifs (C(OH)–C–C–N with tert-alkyl or cyclic N) is 1. The fourth-order valence-corrected chi connectivity index (χ4v) is 2.33. The van der Waals surface area contributed by atoms with Gasteiger partial charge in [0.05, 0.1) is 6.61 Å². The van der Waals surface area contributed by atoms with Gasteiger partial charge in [-0.1, -0.05) is 25.5 Å². The van der Waals surface area contributed by atoms with E-state index in [9.17, 15) is 0 Å². The molecule has 0 amide bonds. The number of hydrogen-bond acceptors (Lipinski definition) is 3. The Morgan fingerprint density at radius 2 is 2.24 bits per heavy atom. The molecular formula is C14H21NO2. The molecule has 0 saturated carbocycles. The van der Waals surface area contributed by atoms with Crippen LogP contribution in [0.3, 0.4) is 0 Å². The predicted octanol–water partition coefficient (Wildman–Crippen LogP) is 2.09. The van der Waals surface area contributed by atoms with Gasteiger partial charge in [-0.3, -0.25) is 4.90 Å². The van der Waals surface area contributed by atoms with Crippen molar-refractivity contribution in [3.8, 4) is 5.75 Å². The topological polar surface area (TPSA) is 32.7 Å². The molecule has 0 saturated heterocycles. The lowest BCUT2D eigenvalue weighted by Gasteiger charge is -2.31. The van der Waals surface area contributed by atoms with Crippen molar-refractivity contribution >= 4 is 0 Å². The van der Waals surface area contributed by atoms with Gasteiger partial charge in [-0.05, 0) is 24.5 Å². The predicted molar refractivity (Wildman–Crippen MR) is 68.2 cm³/mol. The Morgan fingerprint density at radius 1 is 1.41 bits per heavy atom. The third-order valence-electron chi connectivity index (χ3n) is 3.29. The van der Waals surface area contributed by atoms with Gasteiger partial charge >= 0.3 is 0 Å². The van der Waals surface area contributed by atoms with Crippen molar-refractivity contribution in [2.75, 3.05) is 19.9 Å². The van der Waals surface area contributed by atoms with Crippen molar-refractivity contribution < 1.29 is 9.84 Å². The summed E-state index contributed by atoms with van der Waals surface area (Å²) >= 11 is 0. The molecule has 0 radical (unpaired) electrons. The smallest absolute Gasteiger partial charge is 0.142 e. The number of benzene rings is 1. The molecule has 0 aliphatic carbocycles. The van der Waals surface area contributed by atoms with E-state index in [4.69, 9.17) is 9.84 Å². The van der Waals surface area contributed by atoms with Crippen molar-refractivity contribution in [1.29, 1.82) is 0 Å². The molecule has 17 heavy (non-hydrogen) atoms. The lowest BCUT2D eigenvalue weighted by Crippen LogP contribution is -2.34. The molecule has 1 aliphatic rings. The second-order valence-electron chi connectivity index (χ2n) is 4.65. The molecule has 1 aliphatic heterocycles. The van der Waals surface area contributed by atoms with E-state index < -0.39 is 0 Å². The fraction of sp³-hybridized carbons (Fsp3) is 0.571. The first kappa shape index (κ1) is 12.4. The third kappa shape index (κ3) is 2.61. The summed E-state index contributed by atoms with van der Waals surface area (Å²) in [5.74, 6) is 1.08. The number of nitrogens with zero attached hydrogens (tertiary/aromatic N) is 1. The average molecular weight is 235 g/mol. The summed E-state index contributed by atoms with van der Waals surface area (Å²) in [6.07, 6.45) is 2.21.